The van der Waals surface area contributed by atoms with Crippen molar-refractivity contribution in [3.05, 3.63) is 29.3 Å². The lowest BCUT2D eigenvalue weighted by Gasteiger charge is -2.26. The number of nitrogens with zero attached hydrogens (tertiary/aromatic N) is 1. The van der Waals surface area contributed by atoms with E-state index in [-0.39, 0.29) is 11.9 Å². The van der Waals surface area contributed by atoms with Crippen molar-refractivity contribution >= 4 is 11.6 Å². The first-order chi connectivity index (χ1) is 10.2. The second-order valence-electron chi connectivity index (χ2n) is 6.45. The van der Waals surface area contributed by atoms with Gasteiger partial charge < -0.3 is 5.32 Å². The van der Waals surface area contributed by atoms with Crippen molar-refractivity contribution in [3.63, 3.8) is 0 Å². The third-order valence-corrected chi connectivity index (χ3v) is 4.93. The van der Waals surface area contributed by atoms with E-state index in [1.807, 2.05) is 6.92 Å². The molecule has 1 heterocycles. The first-order valence-electron chi connectivity index (χ1n) is 8.41. The van der Waals surface area contributed by atoms with Crippen LogP contribution in [0, 0.1) is 0 Å². The number of likely N-dealkylation sites (tertiary alicyclic amines) is 1. The van der Waals surface area contributed by atoms with Gasteiger partial charge in [-0.3, -0.25) is 9.69 Å². The number of anilines is 1. The largest absolute Gasteiger partial charge is 0.325 e. The number of amides is 1. The number of hydrogen-bond acceptors (Lipinski definition) is 2. The molecule has 0 spiro atoms. The monoisotopic (exact) mass is 286 g/mol. The van der Waals surface area contributed by atoms with E-state index in [1.165, 1.54) is 49.7 Å². The average molecular weight is 286 g/mol. The smallest absolute Gasteiger partial charge is 0.241 e. The van der Waals surface area contributed by atoms with Crippen LogP contribution in [0.15, 0.2) is 18.2 Å². The fourth-order valence-electron chi connectivity index (χ4n) is 3.54. The summed E-state index contributed by atoms with van der Waals surface area (Å²) in [4.78, 5) is 14.8. The van der Waals surface area contributed by atoms with Crippen LogP contribution >= 0.6 is 0 Å². The molecule has 2 aliphatic rings. The third-order valence-electron chi connectivity index (χ3n) is 4.93. The van der Waals surface area contributed by atoms with Crippen molar-refractivity contribution in [1.29, 1.82) is 0 Å². The second-order valence-corrected chi connectivity index (χ2v) is 6.45. The Hall–Kier alpha value is -1.35. The van der Waals surface area contributed by atoms with E-state index < -0.39 is 0 Å². The number of rotatable bonds is 3. The van der Waals surface area contributed by atoms with Gasteiger partial charge in [0.25, 0.3) is 0 Å². The Morgan fingerprint density at radius 3 is 2.52 bits per heavy atom. The van der Waals surface area contributed by atoms with E-state index in [2.05, 4.69) is 28.4 Å². The number of fused-ring (bicyclic) bond motifs is 1. The Balaban J connectivity index is 1.62. The van der Waals surface area contributed by atoms with Crippen LogP contribution in [0.25, 0.3) is 0 Å². The van der Waals surface area contributed by atoms with Crippen molar-refractivity contribution in [1.82, 2.24) is 4.90 Å². The Kier molecular flexibility index (Phi) is 4.59. The van der Waals surface area contributed by atoms with Gasteiger partial charge in [-0.1, -0.05) is 18.9 Å². The SMILES string of the molecule is C[C@@H](C(=O)Nc1ccc2c(c1)CCC2)N1CCCCCC1. The molecule has 1 atom stereocenters. The molecule has 3 rings (SSSR count). The molecule has 3 heteroatoms. The zero-order valence-electron chi connectivity index (χ0n) is 13.0. The van der Waals surface area contributed by atoms with Crippen molar-refractivity contribution in [3.8, 4) is 0 Å². The molecular weight excluding hydrogens is 260 g/mol. The van der Waals surface area contributed by atoms with Crippen molar-refractivity contribution in [2.24, 2.45) is 0 Å². The van der Waals surface area contributed by atoms with Crippen LogP contribution in [0.3, 0.4) is 0 Å². The summed E-state index contributed by atoms with van der Waals surface area (Å²) in [6.07, 6.45) is 8.63. The predicted molar refractivity (Wildman–Crippen MR) is 86.6 cm³/mol. The number of nitrogens with one attached hydrogen (secondary N) is 1. The summed E-state index contributed by atoms with van der Waals surface area (Å²) in [5.74, 6) is 0.134. The van der Waals surface area contributed by atoms with Crippen LogP contribution in [-0.4, -0.2) is 29.9 Å². The highest BCUT2D eigenvalue weighted by molar-refractivity contribution is 5.94. The molecule has 21 heavy (non-hydrogen) atoms. The molecule has 114 valence electrons. The first-order valence-corrected chi connectivity index (χ1v) is 8.41. The maximum atomic E-state index is 12.5. The summed E-state index contributed by atoms with van der Waals surface area (Å²) in [6.45, 7) is 4.14. The molecule has 0 aromatic heterocycles. The molecular formula is C18H26N2O. The molecule has 1 aliphatic carbocycles. The molecule has 1 N–H and O–H groups in total. The van der Waals surface area contributed by atoms with Gasteiger partial charge >= 0.3 is 0 Å². The average Bonchev–Trinajstić information content (AvgIpc) is 2.78. The summed E-state index contributed by atoms with van der Waals surface area (Å²) >= 11 is 0. The predicted octanol–water partition coefficient (Wildman–Crippen LogP) is 3.38. The summed E-state index contributed by atoms with van der Waals surface area (Å²) in [7, 11) is 0. The first kappa shape index (κ1) is 14.6. The van der Waals surface area contributed by atoms with Gasteiger partial charge in [0.2, 0.25) is 5.91 Å². The van der Waals surface area contributed by atoms with E-state index in [0.29, 0.717) is 0 Å². The lowest BCUT2D eigenvalue weighted by atomic mass is 10.1. The van der Waals surface area contributed by atoms with Crippen molar-refractivity contribution in [2.45, 2.75) is 57.9 Å². The molecule has 3 nitrogen and oxygen atoms in total. The number of hydrogen-bond donors (Lipinski definition) is 1. The quantitative estimate of drug-likeness (QED) is 0.924. The fraction of sp³-hybridized carbons (Fsp3) is 0.611. The standard InChI is InChI=1S/C18H26N2O/c1-14(20-11-4-2-3-5-12-20)18(21)19-17-10-9-15-7-6-8-16(15)13-17/h9-10,13-14H,2-8,11-12H2,1H3,(H,19,21)/t14-/m0/s1. The third kappa shape index (κ3) is 3.46. The van der Waals surface area contributed by atoms with Crippen LogP contribution in [0.2, 0.25) is 0 Å². The molecule has 0 saturated carbocycles. The van der Waals surface area contributed by atoms with E-state index in [4.69, 9.17) is 0 Å². The summed E-state index contributed by atoms with van der Waals surface area (Å²) in [5, 5.41) is 3.11. The number of aryl methyl sites for hydroxylation is 2. The van der Waals surface area contributed by atoms with E-state index in [0.717, 1.165) is 25.2 Å². The summed E-state index contributed by atoms with van der Waals surface area (Å²) in [6, 6.07) is 6.36. The molecule has 1 aromatic rings. The van der Waals surface area contributed by atoms with Crippen molar-refractivity contribution in [2.75, 3.05) is 18.4 Å². The Labute approximate surface area is 127 Å². The zero-order chi connectivity index (χ0) is 14.7. The van der Waals surface area contributed by atoms with Gasteiger partial charge in [-0.05, 0) is 75.4 Å². The minimum absolute atomic E-state index is 0.0312. The van der Waals surface area contributed by atoms with Gasteiger partial charge in [0, 0.05) is 5.69 Å². The summed E-state index contributed by atoms with van der Waals surface area (Å²) < 4.78 is 0. The van der Waals surface area contributed by atoms with Gasteiger partial charge in [-0.2, -0.15) is 0 Å². The molecule has 1 fully saturated rings. The molecule has 0 bridgehead atoms. The van der Waals surface area contributed by atoms with Crippen molar-refractivity contribution < 1.29 is 4.79 Å². The van der Waals surface area contributed by atoms with Crippen LogP contribution in [0.4, 0.5) is 5.69 Å². The van der Waals surface area contributed by atoms with Crippen LogP contribution in [-0.2, 0) is 17.6 Å². The van der Waals surface area contributed by atoms with Gasteiger partial charge in [-0.25, -0.2) is 0 Å². The van der Waals surface area contributed by atoms with E-state index >= 15 is 0 Å². The lowest BCUT2D eigenvalue weighted by Crippen LogP contribution is -2.42. The van der Waals surface area contributed by atoms with Crippen LogP contribution in [0.5, 0.6) is 0 Å². The number of carbonyl (C=O) groups is 1. The fourth-order valence-corrected chi connectivity index (χ4v) is 3.54. The minimum Gasteiger partial charge on any atom is -0.325 e. The normalized spacial score (nSPS) is 20.6. The Morgan fingerprint density at radius 2 is 1.76 bits per heavy atom. The van der Waals surface area contributed by atoms with Gasteiger partial charge in [0.05, 0.1) is 6.04 Å². The number of benzene rings is 1. The van der Waals surface area contributed by atoms with Crippen LogP contribution in [0.1, 0.15) is 50.2 Å². The maximum absolute atomic E-state index is 12.5. The van der Waals surface area contributed by atoms with Gasteiger partial charge in [0.15, 0.2) is 0 Å². The number of carbonyl (C=O) groups excluding carboxylic acids is 1. The van der Waals surface area contributed by atoms with E-state index in [9.17, 15) is 4.79 Å². The van der Waals surface area contributed by atoms with Crippen LogP contribution < -0.4 is 5.32 Å². The topological polar surface area (TPSA) is 32.3 Å². The summed E-state index contributed by atoms with van der Waals surface area (Å²) in [5.41, 5.74) is 3.83. The highest BCUT2D eigenvalue weighted by Gasteiger charge is 2.22. The molecule has 0 unspecified atom stereocenters. The zero-order valence-corrected chi connectivity index (χ0v) is 13.0. The van der Waals surface area contributed by atoms with Gasteiger partial charge in [-0.15, -0.1) is 0 Å². The molecule has 1 saturated heterocycles. The Morgan fingerprint density at radius 1 is 1.05 bits per heavy atom. The van der Waals surface area contributed by atoms with E-state index in [1.54, 1.807) is 0 Å². The second kappa shape index (κ2) is 6.61. The lowest BCUT2D eigenvalue weighted by molar-refractivity contribution is -0.120. The molecule has 1 aromatic carbocycles. The highest BCUT2D eigenvalue weighted by atomic mass is 16.2. The molecule has 1 amide bonds. The Bertz CT molecular complexity index is 504. The maximum Gasteiger partial charge on any atom is 0.241 e. The highest BCUT2D eigenvalue weighted by Crippen LogP contribution is 2.25. The molecule has 0 radical (unpaired) electrons. The molecule has 1 aliphatic heterocycles. The minimum atomic E-state index is -0.0312. The van der Waals surface area contributed by atoms with Gasteiger partial charge in [0.1, 0.15) is 0 Å².